The van der Waals surface area contributed by atoms with E-state index in [-0.39, 0.29) is 53.1 Å². The number of hydrogen-bond donors (Lipinski definition) is 7. The third kappa shape index (κ3) is 7.01. The summed E-state index contributed by atoms with van der Waals surface area (Å²) >= 11 is 0. The molecule has 0 bridgehead atoms. The van der Waals surface area contributed by atoms with Gasteiger partial charge in [0.15, 0.2) is 12.1 Å². The largest absolute Gasteiger partial charge is 0.507 e. The quantitative estimate of drug-likeness (QED) is 0.0434. The Labute approximate surface area is 309 Å². The zero-order valence-electron chi connectivity index (χ0n) is 29.6. The summed E-state index contributed by atoms with van der Waals surface area (Å²) in [6, 6.07) is 3.57. The average Bonchev–Trinajstić information content (AvgIpc) is 3.46. The molecule has 1 saturated heterocycles. The molecule has 0 spiro atoms. The highest BCUT2D eigenvalue weighted by molar-refractivity contribution is 6.31. The zero-order valence-corrected chi connectivity index (χ0v) is 29.6. The lowest BCUT2D eigenvalue weighted by atomic mass is 9.71. The summed E-state index contributed by atoms with van der Waals surface area (Å²) in [6.07, 6.45) is -1.56. The van der Waals surface area contributed by atoms with Crippen LogP contribution in [0.2, 0.25) is 0 Å². The number of rotatable bonds is 12. The smallest absolute Gasteiger partial charge is 0.253 e. The molecule has 17 nitrogen and oxygen atoms in total. The second-order valence-electron chi connectivity index (χ2n) is 13.8. The Morgan fingerprint density at radius 3 is 2.43 bits per heavy atom. The van der Waals surface area contributed by atoms with Gasteiger partial charge in [-0.1, -0.05) is 18.6 Å². The monoisotopic (exact) mass is 750 g/mol. The predicted octanol–water partition coefficient (Wildman–Crippen LogP) is 0.390. The first-order valence-electron chi connectivity index (χ1n) is 17.5. The molecular formula is C37H42N4O13. The number of nitrogens with two attached hydrogens (primary N) is 1. The van der Waals surface area contributed by atoms with Gasteiger partial charge >= 0.3 is 0 Å². The van der Waals surface area contributed by atoms with Gasteiger partial charge in [0, 0.05) is 67.1 Å². The van der Waals surface area contributed by atoms with E-state index in [0.717, 1.165) is 4.90 Å². The summed E-state index contributed by atoms with van der Waals surface area (Å²) < 4.78 is 17.4. The Bertz CT molecular complexity index is 1930. The number of nitrogens with one attached hydrogen (secondary N) is 1. The number of hydrazone groups is 1. The first kappa shape index (κ1) is 38.7. The molecule has 0 aromatic heterocycles. The maximum atomic E-state index is 14.0. The number of fused-ring (bicyclic) bond motifs is 3. The van der Waals surface area contributed by atoms with Crippen LogP contribution >= 0.6 is 0 Å². The third-order valence-electron chi connectivity index (χ3n) is 10.3. The molecule has 6 atom stereocenters. The molecule has 0 radical (unpaired) electrons. The van der Waals surface area contributed by atoms with Gasteiger partial charge in [0.05, 0.1) is 54.4 Å². The number of hydrogen-bond acceptors (Lipinski definition) is 15. The molecule has 288 valence electrons. The van der Waals surface area contributed by atoms with Gasteiger partial charge in [-0.05, 0) is 25.8 Å². The SMILES string of the molecule is COc1cccc2c1C(=O)c1c(O)c3c(c(O)c1C2=O)C[C@@](O)(C(CO)=NNC(=O)CCCCCN1C(=O)C=CC1=O)CC3OC1CC(N)C(O)C(C)O1. The van der Waals surface area contributed by atoms with Crippen LogP contribution in [0.5, 0.6) is 17.2 Å². The Kier molecular flexibility index (Phi) is 11.0. The number of ketones is 2. The number of methoxy groups -OCH3 is 1. The van der Waals surface area contributed by atoms with E-state index in [1.807, 2.05) is 0 Å². The van der Waals surface area contributed by atoms with Crippen LogP contribution in [-0.4, -0.2) is 116 Å². The number of ether oxygens (including phenoxy) is 3. The van der Waals surface area contributed by atoms with Crippen LogP contribution in [0.3, 0.4) is 0 Å². The fourth-order valence-electron chi connectivity index (χ4n) is 7.47. The van der Waals surface area contributed by atoms with Gasteiger partial charge in [0.2, 0.25) is 11.7 Å². The molecule has 1 fully saturated rings. The number of aliphatic hydroxyl groups is 3. The highest BCUT2D eigenvalue weighted by Gasteiger charge is 2.49. The fraction of sp³-hybridized carbons (Fsp3) is 0.459. The second-order valence-corrected chi connectivity index (χ2v) is 13.8. The normalized spacial score (nSPS) is 26.4. The number of carbonyl (C=O) groups excluding carboxylic acids is 5. The minimum absolute atomic E-state index is 0.0120. The van der Waals surface area contributed by atoms with Crippen molar-refractivity contribution in [3.8, 4) is 17.2 Å². The summed E-state index contributed by atoms with van der Waals surface area (Å²) in [5.41, 5.74) is 4.46. The van der Waals surface area contributed by atoms with Gasteiger partial charge in [0.25, 0.3) is 11.8 Å². The lowest BCUT2D eigenvalue weighted by molar-refractivity contribution is -0.245. The number of phenols is 2. The number of nitrogens with zero attached hydrogens (tertiary/aromatic N) is 2. The van der Waals surface area contributed by atoms with Gasteiger partial charge in [-0.2, -0.15) is 5.10 Å². The number of aliphatic hydroxyl groups excluding tert-OH is 2. The molecule has 3 amide bonds. The minimum atomic E-state index is -2.16. The average molecular weight is 751 g/mol. The van der Waals surface area contributed by atoms with Crippen LogP contribution in [0.4, 0.5) is 0 Å². The van der Waals surface area contributed by atoms with Crippen molar-refractivity contribution in [2.45, 2.75) is 88.1 Å². The number of aromatic hydroxyl groups is 2. The second kappa shape index (κ2) is 15.4. The van der Waals surface area contributed by atoms with E-state index in [2.05, 4.69) is 10.5 Å². The van der Waals surface area contributed by atoms with Crippen LogP contribution in [-0.2, 0) is 30.3 Å². The summed E-state index contributed by atoms with van der Waals surface area (Å²) in [6.45, 7) is 0.910. The minimum Gasteiger partial charge on any atom is -0.507 e. The van der Waals surface area contributed by atoms with E-state index < -0.39 is 108 Å². The van der Waals surface area contributed by atoms with E-state index >= 15 is 0 Å². The van der Waals surface area contributed by atoms with Gasteiger partial charge < -0.3 is 45.5 Å². The maximum Gasteiger partial charge on any atom is 0.253 e. The number of phenolic OH excluding ortho intramolecular Hbond substituents is 2. The number of unbranched alkanes of at least 4 members (excludes halogenated alkanes) is 2. The Morgan fingerprint density at radius 1 is 1.06 bits per heavy atom. The summed E-state index contributed by atoms with van der Waals surface area (Å²) in [5, 5.41) is 60.5. The van der Waals surface area contributed by atoms with Crippen molar-refractivity contribution < 1.29 is 63.7 Å². The highest BCUT2D eigenvalue weighted by Crippen LogP contribution is 2.52. The molecule has 17 heteroatoms. The van der Waals surface area contributed by atoms with Crippen LogP contribution < -0.4 is 15.9 Å². The lowest BCUT2D eigenvalue weighted by Crippen LogP contribution is -2.53. The molecule has 2 aliphatic heterocycles. The van der Waals surface area contributed by atoms with Crippen molar-refractivity contribution in [2.24, 2.45) is 10.8 Å². The summed E-state index contributed by atoms with van der Waals surface area (Å²) in [7, 11) is 1.32. The molecule has 2 heterocycles. The standard InChI is InChI=1S/C37H42N4O13/c1-17-32(46)20(38)13-27(53-17)54-22-15-37(51,23(16-42)39-40-24(43)9-4-3-5-12-41-25(44)10-11-26(41)45)14-19-29(22)36(50)31-30(34(19)48)33(47)18-7-6-8-21(52-2)28(18)35(31)49/h6-8,10-11,17,20,22,27,32,42,46,48,50-51H,3-5,9,12-16,38H2,1-2H3,(H,40,43)/t17?,20?,22?,27?,32?,37-/m0/s1. The molecule has 54 heavy (non-hydrogen) atoms. The van der Waals surface area contributed by atoms with E-state index in [1.165, 1.54) is 37.5 Å². The lowest BCUT2D eigenvalue weighted by Gasteiger charge is -2.43. The molecule has 6 rings (SSSR count). The van der Waals surface area contributed by atoms with E-state index in [1.54, 1.807) is 6.92 Å². The van der Waals surface area contributed by atoms with Gasteiger partial charge in [-0.15, -0.1) is 0 Å². The van der Waals surface area contributed by atoms with Crippen molar-refractivity contribution >= 4 is 35.0 Å². The number of imide groups is 1. The van der Waals surface area contributed by atoms with Gasteiger partial charge in [-0.25, -0.2) is 5.43 Å². The Hall–Kier alpha value is -5.04. The first-order chi connectivity index (χ1) is 25.7. The van der Waals surface area contributed by atoms with Crippen molar-refractivity contribution in [2.75, 3.05) is 20.3 Å². The van der Waals surface area contributed by atoms with Crippen LogP contribution in [0.25, 0.3) is 0 Å². The number of amides is 3. The van der Waals surface area contributed by atoms with Crippen molar-refractivity contribution in [3.05, 3.63) is 63.7 Å². The first-order valence-corrected chi connectivity index (χ1v) is 17.5. The summed E-state index contributed by atoms with van der Waals surface area (Å²) in [4.78, 5) is 65.1. The summed E-state index contributed by atoms with van der Waals surface area (Å²) in [5.74, 6) is -4.25. The van der Waals surface area contributed by atoms with E-state index in [4.69, 9.17) is 19.9 Å². The number of benzene rings is 2. The molecule has 4 aliphatic rings. The predicted molar refractivity (Wildman–Crippen MR) is 187 cm³/mol. The molecule has 8 N–H and O–H groups in total. The zero-order chi connectivity index (χ0) is 39.1. The molecule has 5 unspecified atom stereocenters. The molecule has 2 aromatic carbocycles. The Morgan fingerprint density at radius 2 is 1.76 bits per heavy atom. The van der Waals surface area contributed by atoms with E-state index in [0.29, 0.717) is 19.3 Å². The van der Waals surface area contributed by atoms with Gasteiger partial charge in [-0.3, -0.25) is 28.9 Å². The topological polar surface area (TPSA) is 268 Å². The third-order valence-corrected chi connectivity index (χ3v) is 10.3. The van der Waals surface area contributed by atoms with Crippen molar-refractivity contribution in [1.29, 1.82) is 0 Å². The maximum absolute atomic E-state index is 14.0. The molecule has 2 aliphatic carbocycles. The van der Waals surface area contributed by atoms with Gasteiger partial charge in [0.1, 0.15) is 22.8 Å². The van der Waals surface area contributed by atoms with Crippen LogP contribution in [0, 0.1) is 0 Å². The molecule has 0 saturated carbocycles. The molecular weight excluding hydrogens is 708 g/mol. The number of carbonyl (C=O) groups is 5. The van der Waals surface area contributed by atoms with E-state index in [9.17, 15) is 49.5 Å². The van der Waals surface area contributed by atoms with Crippen LogP contribution in [0.15, 0.2) is 35.5 Å². The van der Waals surface area contributed by atoms with Crippen molar-refractivity contribution in [3.63, 3.8) is 0 Å². The highest BCUT2D eigenvalue weighted by atomic mass is 16.7. The Balaban J connectivity index is 1.29. The molecule has 2 aromatic rings. The fourth-order valence-corrected chi connectivity index (χ4v) is 7.47. The van der Waals surface area contributed by atoms with Crippen molar-refractivity contribution in [1.82, 2.24) is 10.3 Å². The van der Waals surface area contributed by atoms with Crippen LogP contribution in [0.1, 0.15) is 94.5 Å².